The zero-order valence-electron chi connectivity index (χ0n) is 18.1. The molecule has 31 heavy (non-hydrogen) atoms. The van der Waals surface area contributed by atoms with Crippen LogP contribution in [0.4, 0.5) is 0 Å². The summed E-state index contributed by atoms with van der Waals surface area (Å²) in [5.74, 6) is 1.26. The van der Waals surface area contributed by atoms with E-state index in [9.17, 15) is 4.79 Å². The molecule has 0 amide bonds. The monoisotopic (exact) mass is 440 g/mol. The van der Waals surface area contributed by atoms with Crippen LogP contribution in [-0.2, 0) is 17.7 Å². The number of furan rings is 1. The van der Waals surface area contributed by atoms with Crippen LogP contribution >= 0.6 is 11.3 Å². The van der Waals surface area contributed by atoms with Crippen LogP contribution in [0.25, 0.3) is 0 Å². The van der Waals surface area contributed by atoms with E-state index in [1.54, 1.807) is 13.2 Å². The van der Waals surface area contributed by atoms with Crippen LogP contribution in [0.2, 0.25) is 0 Å². The summed E-state index contributed by atoms with van der Waals surface area (Å²) >= 11 is 1.35. The lowest BCUT2D eigenvalue weighted by Crippen LogP contribution is -2.39. The Labute approximate surface area is 186 Å². The second-order valence-electron chi connectivity index (χ2n) is 6.96. The molecule has 3 aromatic rings. The molecule has 1 aromatic carbocycles. The van der Waals surface area contributed by atoms with Gasteiger partial charge in [-0.05, 0) is 38.5 Å². The molecule has 0 saturated heterocycles. The van der Waals surface area contributed by atoms with Crippen molar-refractivity contribution >= 4 is 23.3 Å². The Bertz CT molecular complexity index is 984. The highest BCUT2D eigenvalue weighted by Crippen LogP contribution is 2.24. The van der Waals surface area contributed by atoms with E-state index in [0.717, 1.165) is 22.8 Å². The molecule has 164 valence electrons. The van der Waals surface area contributed by atoms with E-state index in [2.05, 4.69) is 15.6 Å². The average Bonchev–Trinajstić information content (AvgIpc) is 3.42. The third kappa shape index (κ3) is 6.68. The van der Waals surface area contributed by atoms with E-state index in [1.165, 1.54) is 11.3 Å². The fourth-order valence-corrected chi connectivity index (χ4v) is 3.88. The van der Waals surface area contributed by atoms with E-state index in [4.69, 9.17) is 14.1 Å². The van der Waals surface area contributed by atoms with Crippen molar-refractivity contribution in [2.24, 2.45) is 4.99 Å². The zero-order valence-corrected chi connectivity index (χ0v) is 18.9. The molecule has 0 spiro atoms. The van der Waals surface area contributed by atoms with Gasteiger partial charge in [-0.15, -0.1) is 11.3 Å². The Kier molecular flexibility index (Phi) is 8.23. The van der Waals surface area contributed by atoms with Crippen molar-refractivity contribution in [3.05, 3.63) is 75.6 Å². The predicted molar refractivity (Wildman–Crippen MR) is 122 cm³/mol. The van der Waals surface area contributed by atoms with Crippen molar-refractivity contribution in [2.75, 3.05) is 13.2 Å². The summed E-state index contributed by atoms with van der Waals surface area (Å²) in [5, 5.41) is 7.56. The summed E-state index contributed by atoms with van der Waals surface area (Å²) in [6.45, 7) is 7.18. The van der Waals surface area contributed by atoms with Crippen LogP contribution in [0.1, 0.15) is 51.6 Å². The molecule has 7 nitrogen and oxygen atoms in total. The van der Waals surface area contributed by atoms with Crippen molar-refractivity contribution < 1.29 is 13.9 Å². The number of benzene rings is 1. The van der Waals surface area contributed by atoms with Gasteiger partial charge in [0, 0.05) is 13.0 Å². The summed E-state index contributed by atoms with van der Waals surface area (Å²) in [6, 6.07) is 13.8. The lowest BCUT2D eigenvalue weighted by atomic mass is 10.2. The maximum atomic E-state index is 12.1. The number of guanidine groups is 1. The molecule has 1 atom stereocenters. The Balaban J connectivity index is 1.68. The minimum Gasteiger partial charge on any atom is -0.469 e. The van der Waals surface area contributed by atoms with E-state index in [-0.39, 0.29) is 12.0 Å². The number of nitrogens with zero attached hydrogens (tertiary/aromatic N) is 2. The van der Waals surface area contributed by atoms with Gasteiger partial charge in [0.1, 0.15) is 15.6 Å². The molecule has 0 aliphatic rings. The molecule has 2 heterocycles. The average molecular weight is 441 g/mol. The molecule has 8 heteroatoms. The van der Waals surface area contributed by atoms with E-state index in [1.807, 2.05) is 56.3 Å². The lowest BCUT2D eigenvalue weighted by Gasteiger charge is -2.16. The van der Waals surface area contributed by atoms with Crippen molar-refractivity contribution in [2.45, 2.75) is 39.8 Å². The third-order valence-corrected chi connectivity index (χ3v) is 5.82. The van der Waals surface area contributed by atoms with Gasteiger partial charge in [0.05, 0.1) is 31.2 Å². The van der Waals surface area contributed by atoms with Gasteiger partial charge in [-0.1, -0.05) is 30.3 Å². The molecule has 3 rings (SSSR count). The van der Waals surface area contributed by atoms with Gasteiger partial charge in [0.15, 0.2) is 5.96 Å². The standard InChI is InChI=1S/C23H28N4O3S/c1-4-29-22(28)20-16(2)26-21(31-20)17(3)27-23(24-13-12-19-11-8-14-30-19)25-15-18-9-6-5-7-10-18/h5-11,14,17H,4,12-13,15H2,1-3H3,(H2,24,25,27). The smallest absolute Gasteiger partial charge is 0.350 e. The van der Waals surface area contributed by atoms with Gasteiger partial charge in [-0.3, -0.25) is 0 Å². The Hall–Kier alpha value is -3.13. The first-order valence-electron chi connectivity index (χ1n) is 10.3. The number of esters is 1. The van der Waals surface area contributed by atoms with Gasteiger partial charge in [0.25, 0.3) is 0 Å². The summed E-state index contributed by atoms with van der Waals surface area (Å²) in [7, 11) is 0. The number of ether oxygens (including phenoxy) is 1. The molecular formula is C23H28N4O3S. The first-order chi connectivity index (χ1) is 15.1. The number of carbonyl (C=O) groups excluding carboxylic acids is 1. The number of hydrogen-bond acceptors (Lipinski definition) is 6. The predicted octanol–water partition coefficient (Wildman–Crippen LogP) is 4.26. The number of rotatable bonds is 9. The molecule has 0 bridgehead atoms. The molecule has 0 fully saturated rings. The molecule has 0 aliphatic carbocycles. The van der Waals surface area contributed by atoms with Crippen LogP contribution in [0.3, 0.4) is 0 Å². The van der Waals surface area contributed by atoms with Crippen molar-refractivity contribution in [3.63, 3.8) is 0 Å². The topological polar surface area (TPSA) is 88.8 Å². The number of aromatic nitrogens is 1. The fourth-order valence-electron chi connectivity index (χ4n) is 2.92. The summed E-state index contributed by atoms with van der Waals surface area (Å²) in [6.07, 6.45) is 2.42. The Morgan fingerprint density at radius 2 is 2.06 bits per heavy atom. The van der Waals surface area contributed by atoms with Crippen LogP contribution in [0, 0.1) is 6.92 Å². The van der Waals surface area contributed by atoms with E-state index in [0.29, 0.717) is 36.2 Å². The van der Waals surface area contributed by atoms with Gasteiger partial charge < -0.3 is 19.8 Å². The number of aryl methyl sites for hydroxylation is 1. The Morgan fingerprint density at radius 3 is 2.77 bits per heavy atom. The minimum absolute atomic E-state index is 0.127. The third-order valence-electron chi connectivity index (χ3n) is 4.50. The van der Waals surface area contributed by atoms with Gasteiger partial charge in [-0.2, -0.15) is 0 Å². The molecule has 2 aromatic heterocycles. The SMILES string of the molecule is CCOC(=O)c1sc(C(C)NC(=NCc2ccccc2)NCCc2ccco2)nc1C. The van der Waals surface area contributed by atoms with Crippen LogP contribution in [0.5, 0.6) is 0 Å². The quantitative estimate of drug-likeness (QED) is 0.294. The molecule has 0 aliphatic heterocycles. The van der Waals surface area contributed by atoms with Gasteiger partial charge in [-0.25, -0.2) is 14.8 Å². The Morgan fingerprint density at radius 1 is 1.26 bits per heavy atom. The zero-order chi connectivity index (χ0) is 22.1. The normalized spacial score (nSPS) is 12.4. The van der Waals surface area contributed by atoms with Crippen LogP contribution in [0.15, 0.2) is 58.1 Å². The highest BCUT2D eigenvalue weighted by molar-refractivity contribution is 7.13. The first kappa shape index (κ1) is 22.6. The van der Waals surface area contributed by atoms with Crippen LogP contribution < -0.4 is 10.6 Å². The lowest BCUT2D eigenvalue weighted by molar-refractivity contribution is 0.0531. The number of carbonyl (C=O) groups is 1. The summed E-state index contributed by atoms with van der Waals surface area (Å²) < 4.78 is 10.5. The first-order valence-corrected chi connectivity index (χ1v) is 11.1. The largest absolute Gasteiger partial charge is 0.469 e. The molecule has 1 unspecified atom stereocenters. The molecule has 2 N–H and O–H groups in total. The number of hydrogen-bond donors (Lipinski definition) is 2. The molecule has 0 saturated carbocycles. The number of thiazole rings is 1. The second-order valence-corrected chi connectivity index (χ2v) is 7.99. The fraction of sp³-hybridized carbons (Fsp3) is 0.348. The molecule has 0 radical (unpaired) electrons. The maximum Gasteiger partial charge on any atom is 0.350 e. The highest BCUT2D eigenvalue weighted by Gasteiger charge is 2.20. The summed E-state index contributed by atoms with van der Waals surface area (Å²) in [4.78, 5) is 21.9. The second kappa shape index (κ2) is 11.3. The minimum atomic E-state index is -0.328. The van der Waals surface area contributed by atoms with Crippen molar-refractivity contribution in [3.8, 4) is 0 Å². The van der Waals surface area contributed by atoms with Crippen molar-refractivity contribution in [1.29, 1.82) is 0 Å². The number of nitrogens with one attached hydrogen (secondary N) is 2. The van der Waals surface area contributed by atoms with Gasteiger partial charge in [0.2, 0.25) is 0 Å². The molecular weight excluding hydrogens is 412 g/mol. The number of aliphatic imine (C=N–C) groups is 1. The van der Waals surface area contributed by atoms with Crippen LogP contribution in [-0.4, -0.2) is 30.1 Å². The van der Waals surface area contributed by atoms with Crippen molar-refractivity contribution in [1.82, 2.24) is 15.6 Å². The van der Waals surface area contributed by atoms with E-state index >= 15 is 0 Å². The van der Waals surface area contributed by atoms with Gasteiger partial charge >= 0.3 is 5.97 Å². The maximum absolute atomic E-state index is 12.1. The van der Waals surface area contributed by atoms with E-state index < -0.39 is 0 Å². The summed E-state index contributed by atoms with van der Waals surface area (Å²) in [5.41, 5.74) is 1.80. The highest BCUT2D eigenvalue weighted by atomic mass is 32.1.